The lowest BCUT2D eigenvalue weighted by Crippen LogP contribution is -2.42. The maximum atomic E-state index is 12.5. The summed E-state index contributed by atoms with van der Waals surface area (Å²) in [5, 5.41) is 25.8. The second-order valence-electron chi connectivity index (χ2n) is 8.88. The average molecular weight is 505 g/mol. The van der Waals surface area contributed by atoms with Gasteiger partial charge in [0.15, 0.2) is 0 Å². The second kappa shape index (κ2) is 11.9. The number of carboxylic acid groups (broad SMARTS) is 1. The highest BCUT2D eigenvalue weighted by molar-refractivity contribution is 6.33. The number of carbonyl (C=O) groups is 2. The Labute approximate surface area is 215 Å². The monoisotopic (exact) mass is 504 g/mol. The van der Waals surface area contributed by atoms with E-state index in [4.69, 9.17) is 11.6 Å². The van der Waals surface area contributed by atoms with Crippen LogP contribution in [0.15, 0.2) is 84.1 Å². The van der Waals surface area contributed by atoms with E-state index in [1.807, 2.05) is 36.4 Å². The van der Waals surface area contributed by atoms with Crippen molar-refractivity contribution in [3.63, 3.8) is 0 Å². The lowest BCUT2D eigenvalue weighted by molar-refractivity contribution is -0.139. The molecule has 6 nitrogen and oxygen atoms in total. The summed E-state index contributed by atoms with van der Waals surface area (Å²) in [6.07, 6.45) is 2.83. The molecule has 7 heteroatoms. The lowest BCUT2D eigenvalue weighted by atomic mass is 9.97. The number of hydrogen-bond donors (Lipinski definition) is 4. The molecular formula is C29H29ClN2O4. The van der Waals surface area contributed by atoms with Crippen molar-refractivity contribution in [2.24, 2.45) is 0 Å². The number of halogens is 1. The van der Waals surface area contributed by atoms with Crippen molar-refractivity contribution < 1.29 is 19.8 Å². The van der Waals surface area contributed by atoms with Crippen LogP contribution in [0.1, 0.15) is 40.7 Å². The number of carboxylic acids is 1. The molecule has 0 unspecified atom stereocenters. The van der Waals surface area contributed by atoms with Gasteiger partial charge in [0.1, 0.15) is 6.04 Å². The summed E-state index contributed by atoms with van der Waals surface area (Å²) in [5.74, 6) is -1.11. The van der Waals surface area contributed by atoms with Crippen molar-refractivity contribution in [1.29, 1.82) is 0 Å². The molecule has 3 aromatic carbocycles. The Morgan fingerprint density at radius 3 is 2.31 bits per heavy atom. The van der Waals surface area contributed by atoms with E-state index >= 15 is 0 Å². The number of rotatable bonds is 11. The molecule has 4 N–H and O–H groups in total. The van der Waals surface area contributed by atoms with Gasteiger partial charge in [-0.3, -0.25) is 4.79 Å². The predicted octanol–water partition coefficient (Wildman–Crippen LogP) is 5.52. The van der Waals surface area contributed by atoms with Crippen LogP contribution in [0.2, 0.25) is 5.02 Å². The van der Waals surface area contributed by atoms with E-state index in [9.17, 15) is 19.8 Å². The molecule has 1 aliphatic rings. The standard InChI is InChI=1S/C29H29ClN2O4/c30-25-8-4-3-7-24(25)28(34)32-26(29(35)36)17-19-9-11-20(12-10-19)23-6-2-1-5-22(23)18-31-16-15-27(33)21-13-14-21/h1-12,26,31,33H,13-18H2,(H,32,34)(H,35,36)/t26-/m0/s1. The fourth-order valence-electron chi connectivity index (χ4n) is 4.05. The molecule has 4 rings (SSSR count). The topological polar surface area (TPSA) is 98.7 Å². The molecule has 1 amide bonds. The first kappa shape index (κ1) is 25.5. The van der Waals surface area contributed by atoms with Crippen LogP contribution in [0, 0.1) is 0 Å². The molecule has 0 bridgehead atoms. The first-order valence-corrected chi connectivity index (χ1v) is 12.4. The van der Waals surface area contributed by atoms with Gasteiger partial charge in [-0.1, -0.05) is 72.3 Å². The highest BCUT2D eigenvalue weighted by atomic mass is 35.5. The Kier molecular flexibility index (Phi) is 8.41. The second-order valence-corrected chi connectivity index (χ2v) is 9.29. The number of aliphatic hydroxyl groups excluding tert-OH is 1. The smallest absolute Gasteiger partial charge is 0.326 e. The van der Waals surface area contributed by atoms with Crippen molar-refractivity contribution in [3.05, 3.63) is 106 Å². The first-order valence-electron chi connectivity index (χ1n) is 12.0. The van der Waals surface area contributed by atoms with E-state index in [-0.39, 0.29) is 17.0 Å². The summed E-state index contributed by atoms with van der Waals surface area (Å²) >= 11 is 6.07. The van der Waals surface area contributed by atoms with Crippen LogP contribution in [-0.2, 0) is 17.8 Å². The third kappa shape index (κ3) is 6.74. The van der Waals surface area contributed by atoms with Gasteiger partial charge in [0, 0.05) is 25.9 Å². The molecule has 186 valence electrons. The zero-order chi connectivity index (χ0) is 25.5. The van der Waals surface area contributed by atoms with Crippen molar-refractivity contribution in [3.8, 4) is 11.1 Å². The molecule has 0 aromatic heterocycles. The number of carbonyl (C=O) groups excluding carboxylic acids is 1. The van der Waals surface area contributed by atoms with E-state index in [0.29, 0.717) is 25.3 Å². The Bertz CT molecular complexity index is 1260. The zero-order valence-electron chi connectivity index (χ0n) is 19.8. The van der Waals surface area contributed by atoms with Gasteiger partial charge in [0.05, 0.1) is 16.3 Å². The molecular weight excluding hydrogens is 476 g/mol. The molecule has 0 spiro atoms. The van der Waals surface area contributed by atoms with Crippen LogP contribution in [0.3, 0.4) is 0 Å². The largest absolute Gasteiger partial charge is 0.512 e. The summed E-state index contributed by atoms with van der Waals surface area (Å²) in [4.78, 5) is 24.4. The number of nitrogens with one attached hydrogen (secondary N) is 2. The van der Waals surface area contributed by atoms with Gasteiger partial charge in [-0.2, -0.15) is 0 Å². The van der Waals surface area contributed by atoms with Gasteiger partial charge in [-0.25, -0.2) is 4.79 Å². The number of benzene rings is 3. The maximum absolute atomic E-state index is 12.5. The van der Waals surface area contributed by atoms with Crippen LogP contribution < -0.4 is 10.6 Å². The van der Waals surface area contributed by atoms with Crippen LogP contribution in [0.4, 0.5) is 0 Å². The molecule has 1 aliphatic carbocycles. The minimum Gasteiger partial charge on any atom is -0.512 e. The van der Waals surface area contributed by atoms with Crippen molar-refractivity contribution >= 4 is 23.5 Å². The molecule has 0 saturated heterocycles. The fraction of sp³-hybridized carbons (Fsp3) is 0.241. The Hall–Kier alpha value is -3.61. The van der Waals surface area contributed by atoms with Crippen LogP contribution >= 0.6 is 11.6 Å². The van der Waals surface area contributed by atoms with Crippen LogP contribution in [-0.4, -0.2) is 34.7 Å². The molecule has 0 radical (unpaired) electrons. The van der Waals surface area contributed by atoms with E-state index in [0.717, 1.165) is 35.1 Å². The molecule has 1 saturated carbocycles. The van der Waals surface area contributed by atoms with Gasteiger partial charge in [0.2, 0.25) is 0 Å². The molecule has 1 atom stereocenters. The minimum absolute atomic E-state index is 0.147. The molecule has 0 aliphatic heterocycles. The third-order valence-electron chi connectivity index (χ3n) is 6.21. The summed E-state index contributed by atoms with van der Waals surface area (Å²) in [7, 11) is 0. The van der Waals surface area contributed by atoms with Gasteiger partial charge in [0.25, 0.3) is 5.91 Å². The average Bonchev–Trinajstić information content (AvgIpc) is 3.73. The normalized spacial score (nSPS) is 13.2. The zero-order valence-corrected chi connectivity index (χ0v) is 20.6. The third-order valence-corrected chi connectivity index (χ3v) is 6.54. The number of allylic oxidation sites excluding steroid dienone is 1. The minimum atomic E-state index is -1.11. The SMILES string of the molecule is O=C(N[C@@H](Cc1ccc(-c2ccccc2CNCCC(O)=C2CC2)cc1)C(=O)O)c1ccccc1Cl. The molecule has 36 heavy (non-hydrogen) atoms. The molecule has 0 heterocycles. The van der Waals surface area contributed by atoms with Gasteiger partial charge in [-0.15, -0.1) is 0 Å². The van der Waals surface area contributed by atoms with Gasteiger partial charge >= 0.3 is 5.97 Å². The highest BCUT2D eigenvalue weighted by Crippen LogP contribution is 2.31. The van der Waals surface area contributed by atoms with E-state index in [1.165, 1.54) is 5.57 Å². The van der Waals surface area contributed by atoms with Crippen LogP contribution in [0.5, 0.6) is 0 Å². The van der Waals surface area contributed by atoms with Crippen molar-refractivity contribution in [2.45, 2.75) is 38.3 Å². The predicted molar refractivity (Wildman–Crippen MR) is 141 cm³/mol. The van der Waals surface area contributed by atoms with Crippen LogP contribution in [0.25, 0.3) is 11.1 Å². The molecule has 3 aromatic rings. The Morgan fingerprint density at radius 1 is 0.917 bits per heavy atom. The number of amides is 1. The summed E-state index contributed by atoms with van der Waals surface area (Å²) in [5.41, 5.74) is 5.45. The van der Waals surface area contributed by atoms with Crippen molar-refractivity contribution in [1.82, 2.24) is 10.6 Å². The fourth-order valence-corrected chi connectivity index (χ4v) is 4.27. The summed E-state index contributed by atoms with van der Waals surface area (Å²) < 4.78 is 0. The number of hydrogen-bond acceptors (Lipinski definition) is 4. The lowest BCUT2D eigenvalue weighted by Gasteiger charge is -2.16. The first-order chi connectivity index (χ1) is 17.4. The Morgan fingerprint density at radius 2 is 1.61 bits per heavy atom. The van der Waals surface area contributed by atoms with Gasteiger partial charge < -0.3 is 20.8 Å². The number of aliphatic hydroxyl groups is 1. The maximum Gasteiger partial charge on any atom is 0.326 e. The highest BCUT2D eigenvalue weighted by Gasteiger charge is 2.22. The summed E-state index contributed by atoms with van der Waals surface area (Å²) in [6, 6.07) is 21.3. The number of aliphatic carboxylic acids is 1. The quantitative estimate of drug-likeness (QED) is 0.203. The van der Waals surface area contributed by atoms with E-state index in [1.54, 1.807) is 24.3 Å². The van der Waals surface area contributed by atoms with E-state index in [2.05, 4.69) is 22.8 Å². The Balaban J connectivity index is 1.39. The molecule has 1 fully saturated rings. The van der Waals surface area contributed by atoms with Gasteiger partial charge in [-0.05, 0) is 52.8 Å². The summed E-state index contributed by atoms with van der Waals surface area (Å²) in [6.45, 7) is 1.38. The van der Waals surface area contributed by atoms with Crippen molar-refractivity contribution in [2.75, 3.05) is 6.54 Å². The van der Waals surface area contributed by atoms with E-state index < -0.39 is 17.9 Å².